The first-order valence-corrected chi connectivity index (χ1v) is 12.1. The largest absolute Gasteiger partial charge is 0.477 e. The third kappa shape index (κ3) is 5.99. The van der Waals surface area contributed by atoms with Crippen molar-refractivity contribution in [3.63, 3.8) is 0 Å². The van der Waals surface area contributed by atoms with Gasteiger partial charge in [-0.25, -0.2) is 13.4 Å². The predicted octanol–water partition coefficient (Wildman–Crippen LogP) is 1.87. The van der Waals surface area contributed by atoms with Gasteiger partial charge in [0.2, 0.25) is 21.8 Å². The number of morpholine rings is 1. The van der Waals surface area contributed by atoms with E-state index in [1.165, 1.54) is 40.6 Å². The second kappa shape index (κ2) is 10.9. The summed E-state index contributed by atoms with van der Waals surface area (Å²) in [5.41, 5.74) is 0.480. The number of aromatic nitrogens is 1. The summed E-state index contributed by atoms with van der Waals surface area (Å²) in [6.45, 7) is 2.90. The molecule has 1 aliphatic rings. The third-order valence-corrected chi connectivity index (χ3v) is 7.19. The van der Waals surface area contributed by atoms with E-state index in [1.807, 2.05) is 0 Å². The highest BCUT2D eigenvalue weighted by atomic mass is 35.5. The molecule has 0 bridgehead atoms. The van der Waals surface area contributed by atoms with Crippen molar-refractivity contribution in [2.75, 3.05) is 51.8 Å². The number of pyridine rings is 1. The molecule has 0 saturated carbocycles. The minimum atomic E-state index is -3.85. The minimum Gasteiger partial charge on any atom is -0.477 e. The Morgan fingerprint density at radius 1 is 1.27 bits per heavy atom. The van der Waals surface area contributed by atoms with Gasteiger partial charge in [-0.1, -0.05) is 11.6 Å². The Kier molecular flexibility index (Phi) is 8.25. The average Bonchev–Trinajstić information content (AvgIpc) is 2.81. The maximum atomic E-state index is 13.0. The zero-order chi connectivity index (χ0) is 24.0. The van der Waals surface area contributed by atoms with Gasteiger partial charge in [0.25, 0.3) is 5.91 Å². The number of carbonyl (C=O) groups excluding carboxylic acids is 2. The van der Waals surface area contributed by atoms with Crippen LogP contribution in [0.3, 0.4) is 0 Å². The molecular weight excluding hydrogens is 472 g/mol. The molecule has 1 aliphatic heterocycles. The quantitative estimate of drug-likeness (QED) is 0.592. The molecular formula is C21H25ClN4O6S. The van der Waals surface area contributed by atoms with E-state index in [0.29, 0.717) is 19.8 Å². The minimum absolute atomic E-state index is 0.0480. The van der Waals surface area contributed by atoms with Gasteiger partial charge in [0.05, 0.1) is 31.4 Å². The van der Waals surface area contributed by atoms with Gasteiger partial charge in [-0.3, -0.25) is 9.59 Å². The number of rotatable bonds is 8. The van der Waals surface area contributed by atoms with E-state index in [4.69, 9.17) is 21.1 Å². The van der Waals surface area contributed by atoms with Crippen LogP contribution in [-0.4, -0.2) is 80.9 Å². The van der Waals surface area contributed by atoms with E-state index >= 15 is 0 Å². The van der Waals surface area contributed by atoms with Crippen molar-refractivity contribution >= 4 is 39.1 Å². The van der Waals surface area contributed by atoms with E-state index in [9.17, 15) is 18.0 Å². The number of nitrogens with zero attached hydrogens (tertiary/aromatic N) is 3. The van der Waals surface area contributed by atoms with Crippen LogP contribution < -0.4 is 10.1 Å². The predicted molar refractivity (Wildman–Crippen MR) is 122 cm³/mol. The van der Waals surface area contributed by atoms with Crippen LogP contribution in [0.1, 0.15) is 17.3 Å². The highest BCUT2D eigenvalue weighted by Gasteiger charge is 2.29. The van der Waals surface area contributed by atoms with Crippen molar-refractivity contribution in [1.29, 1.82) is 0 Å². The Balaban J connectivity index is 1.71. The van der Waals surface area contributed by atoms with E-state index in [-0.39, 0.29) is 46.7 Å². The highest BCUT2D eigenvalue weighted by molar-refractivity contribution is 7.89. The van der Waals surface area contributed by atoms with Crippen molar-refractivity contribution in [3.05, 3.63) is 47.1 Å². The Hall–Kier alpha value is -2.73. The summed E-state index contributed by atoms with van der Waals surface area (Å²) in [4.78, 5) is 30.5. The van der Waals surface area contributed by atoms with Crippen LogP contribution in [0.5, 0.6) is 5.88 Å². The number of halogens is 1. The topological polar surface area (TPSA) is 118 Å². The van der Waals surface area contributed by atoms with Gasteiger partial charge < -0.3 is 19.7 Å². The Bertz CT molecular complexity index is 1120. The van der Waals surface area contributed by atoms with Crippen LogP contribution in [0.15, 0.2) is 41.4 Å². The lowest BCUT2D eigenvalue weighted by atomic mass is 10.2. The Labute approximate surface area is 197 Å². The molecule has 1 fully saturated rings. The number of amides is 2. The van der Waals surface area contributed by atoms with Crippen LogP contribution >= 0.6 is 11.6 Å². The van der Waals surface area contributed by atoms with Crippen LogP contribution in [-0.2, 0) is 19.6 Å². The van der Waals surface area contributed by atoms with Gasteiger partial charge in [0.15, 0.2) is 0 Å². The molecule has 33 heavy (non-hydrogen) atoms. The van der Waals surface area contributed by atoms with E-state index in [2.05, 4.69) is 10.3 Å². The second-order valence-electron chi connectivity index (χ2n) is 7.16. The number of hydrogen-bond acceptors (Lipinski definition) is 7. The molecule has 0 spiro atoms. The molecule has 2 heterocycles. The summed E-state index contributed by atoms with van der Waals surface area (Å²) in [5.74, 6) is -0.758. The van der Waals surface area contributed by atoms with Gasteiger partial charge >= 0.3 is 0 Å². The molecule has 0 unspecified atom stereocenters. The number of hydrogen-bond donors (Lipinski definition) is 1. The maximum Gasteiger partial charge on any atom is 0.259 e. The standard InChI is InChI=1S/C21H25ClN4O6S/c1-3-32-20-16(5-4-8-23-20)21(28)25(2)14-19(27)24-15-6-7-17(22)18(13-15)33(29,30)26-9-11-31-12-10-26/h4-8,13H,3,9-12,14H2,1-2H3,(H,24,27). The van der Waals surface area contributed by atoms with E-state index in [0.717, 1.165) is 0 Å². The number of likely N-dealkylation sites (N-methyl/N-ethyl adjacent to an activating group) is 1. The van der Waals surface area contributed by atoms with Crippen molar-refractivity contribution < 1.29 is 27.5 Å². The fourth-order valence-electron chi connectivity index (χ4n) is 3.20. The fourth-order valence-corrected chi connectivity index (χ4v) is 5.11. The molecule has 3 rings (SSSR count). The van der Waals surface area contributed by atoms with Crippen molar-refractivity contribution in [2.45, 2.75) is 11.8 Å². The SMILES string of the molecule is CCOc1ncccc1C(=O)N(C)CC(=O)Nc1ccc(Cl)c(S(=O)(=O)N2CCOCC2)c1. The molecule has 0 atom stereocenters. The summed E-state index contributed by atoms with van der Waals surface area (Å²) in [7, 11) is -2.38. The molecule has 12 heteroatoms. The first-order valence-electron chi connectivity index (χ1n) is 10.2. The van der Waals surface area contributed by atoms with Crippen LogP contribution in [0, 0.1) is 0 Å². The summed E-state index contributed by atoms with van der Waals surface area (Å²) < 4.78 is 37.8. The van der Waals surface area contributed by atoms with Crippen LogP contribution in [0.4, 0.5) is 5.69 Å². The number of benzene rings is 1. The molecule has 2 aromatic rings. The molecule has 2 amide bonds. The third-order valence-electron chi connectivity index (χ3n) is 4.81. The number of carbonyl (C=O) groups is 2. The first kappa shape index (κ1) is 24.9. The summed E-state index contributed by atoms with van der Waals surface area (Å²) >= 11 is 6.15. The molecule has 0 radical (unpaired) electrons. The Morgan fingerprint density at radius 2 is 2.00 bits per heavy atom. The van der Waals surface area contributed by atoms with E-state index < -0.39 is 21.8 Å². The lowest BCUT2D eigenvalue weighted by molar-refractivity contribution is -0.116. The van der Waals surface area contributed by atoms with Gasteiger partial charge in [0.1, 0.15) is 10.5 Å². The zero-order valence-corrected chi connectivity index (χ0v) is 19.9. The zero-order valence-electron chi connectivity index (χ0n) is 18.3. The van der Waals surface area contributed by atoms with Crippen molar-refractivity contribution in [1.82, 2.24) is 14.2 Å². The number of nitrogens with one attached hydrogen (secondary N) is 1. The number of sulfonamides is 1. The average molecular weight is 497 g/mol. The summed E-state index contributed by atoms with van der Waals surface area (Å²) in [5, 5.41) is 2.66. The van der Waals surface area contributed by atoms with Crippen molar-refractivity contribution in [2.24, 2.45) is 0 Å². The van der Waals surface area contributed by atoms with Gasteiger partial charge in [-0.2, -0.15) is 4.31 Å². The maximum absolute atomic E-state index is 13.0. The molecule has 1 N–H and O–H groups in total. The molecule has 178 valence electrons. The molecule has 10 nitrogen and oxygen atoms in total. The van der Waals surface area contributed by atoms with E-state index in [1.54, 1.807) is 19.1 Å². The molecule has 1 aromatic heterocycles. The summed E-state index contributed by atoms with van der Waals surface area (Å²) in [6.07, 6.45) is 1.51. The molecule has 1 saturated heterocycles. The number of anilines is 1. The highest BCUT2D eigenvalue weighted by Crippen LogP contribution is 2.28. The van der Waals surface area contributed by atoms with Gasteiger partial charge in [0, 0.05) is 32.0 Å². The molecule has 0 aliphatic carbocycles. The van der Waals surface area contributed by atoms with Gasteiger partial charge in [-0.15, -0.1) is 0 Å². The number of ether oxygens (including phenoxy) is 2. The normalized spacial score (nSPS) is 14.5. The van der Waals surface area contributed by atoms with Crippen molar-refractivity contribution in [3.8, 4) is 5.88 Å². The second-order valence-corrected chi connectivity index (χ2v) is 9.47. The lowest BCUT2D eigenvalue weighted by Gasteiger charge is -2.26. The molecule has 1 aromatic carbocycles. The smallest absolute Gasteiger partial charge is 0.259 e. The monoisotopic (exact) mass is 496 g/mol. The Morgan fingerprint density at radius 3 is 2.70 bits per heavy atom. The summed E-state index contributed by atoms with van der Waals surface area (Å²) in [6, 6.07) is 7.38. The van der Waals surface area contributed by atoms with Gasteiger partial charge in [-0.05, 0) is 37.3 Å². The van der Waals surface area contributed by atoms with Crippen LogP contribution in [0.25, 0.3) is 0 Å². The lowest BCUT2D eigenvalue weighted by Crippen LogP contribution is -2.40. The fraction of sp³-hybridized carbons (Fsp3) is 0.381. The van der Waals surface area contributed by atoms with Crippen LogP contribution in [0.2, 0.25) is 5.02 Å². The first-order chi connectivity index (χ1) is 15.7.